The Balaban J connectivity index is 1.30. The Kier molecular flexibility index (Phi) is 15.5. The number of carboxylic acids is 1. The van der Waals surface area contributed by atoms with Crippen LogP contribution in [0.4, 0.5) is 11.6 Å². The molecule has 0 saturated carbocycles. The second-order valence-electron chi connectivity index (χ2n) is 9.76. The maximum absolute atomic E-state index is 12.7. The van der Waals surface area contributed by atoms with Crippen LogP contribution in [0.15, 0.2) is 35.3 Å². The number of aliphatic carboxylic acids is 1. The quantitative estimate of drug-likeness (QED) is 0.0601. The van der Waals surface area contributed by atoms with Gasteiger partial charge in [-0.15, -0.1) is 6.42 Å². The zero-order valence-corrected chi connectivity index (χ0v) is 25.7. The molecule has 0 bridgehead atoms. The first kappa shape index (κ1) is 36.3. The van der Waals surface area contributed by atoms with Crippen LogP contribution in [0.25, 0.3) is 11.2 Å². The SMILES string of the molecule is C#CCOCCOCCOCCOCCNC(=O)CC[C@H](NC(=O)c1ccc(NCc2cnc3nc(N)[nH]c(=O)c3n2)cc1)C(=O)O. The lowest BCUT2D eigenvalue weighted by Crippen LogP contribution is -2.41. The number of carbonyl (C=O) groups excluding carboxylic acids is 2. The second kappa shape index (κ2) is 20.1. The van der Waals surface area contributed by atoms with Gasteiger partial charge in [-0.05, 0) is 30.7 Å². The molecule has 0 unspecified atom stereocenters. The molecule has 0 fully saturated rings. The van der Waals surface area contributed by atoms with Crippen molar-refractivity contribution in [2.24, 2.45) is 0 Å². The summed E-state index contributed by atoms with van der Waals surface area (Å²) < 4.78 is 21.1. The molecule has 2 aromatic heterocycles. The summed E-state index contributed by atoms with van der Waals surface area (Å²) in [7, 11) is 0. The zero-order valence-electron chi connectivity index (χ0n) is 25.7. The number of anilines is 2. The molecule has 47 heavy (non-hydrogen) atoms. The number of hydrogen-bond donors (Lipinski definition) is 6. The van der Waals surface area contributed by atoms with Crippen molar-refractivity contribution in [2.75, 3.05) is 70.5 Å². The van der Waals surface area contributed by atoms with Gasteiger partial charge in [-0.2, -0.15) is 4.98 Å². The molecule has 7 N–H and O–H groups in total. The molecule has 1 atom stereocenters. The molecule has 2 heterocycles. The Morgan fingerprint density at radius 2 is 1.64 bits per heavy atom. The number of amides is 2. The van der Waals surface area contributed by atoms with Gasteiger partial charge in [0.2, 0.25) is 11.9 Å². The summed E-state index contributed by atoms with van der Waals surface area (Å²) in [4.78, 5) is 63.3. The summed E-state index contributed by atoms with van der Waals surface area (Å²) in [6.07, 6.45) is 6.32. The number of nitrogens with two attached hydrogens (primary N) is 1. The van der Waals surface area contributed by atoms with Crippen LogP contribution in [0.2, 0.25) is 0 Å². The van der Waals surface area contributed by atoms with Crippen LogP contribution < -0.4 is 27.2 Å². The predicted molar refractivity (Wildman–Crippen MR) is 169 cm³/mol. The van der Waals surface area contributed by atoms with E-state index in [-0.39, 0.29) is 67.7 Å². The molecule has 17 heteroatoms. The third-order valence-corrected chi connectivity index (χ3v) is 6.24. The molecule has 0 aliphatic heterocycles. The lowest BCUT2D eigenvalue weighted by atomic mass is 10.1. The number of nitrogen functional groups attached to an aromatic ring is 1. The van der Waals surface area contributed by atoms with Gasteiger partial charge in [-0.1, -0.05) is 5.92 Å². The Morgan fingerprint density at radius 1 is 0.979 bits per heavy atom. The van der Waals surface area contributed by atoms with Crippen molar-refractivity contribution in [3.8, 4) is 12.3 Å². The number of H-pyrrole nitrogens is 1. The first-order valence-electron chi connectivity index (χ1n) is 14.7. The molecular formula is C30H38N8O9. The van der Waals surface area contributed by atoms with Crippen LogP contribution in [-0.4, -0.2) is 108 Å². The van der Waals surface area contributed by atoms with E-state index in [1.807, 2.05) is 0 Å². The molecule has 3 rings (SSSR count). The molecule has 0 aliphatic rings. The standard InChI is InChI=1S/C30H38N8O9/c1-2-10-44-12-14-46-16-17-47-15-13-45-11-9-32-24(39)8-7-23(29(42)43)36-27(40)20-3-5-21(6-4-20)33-18-22-19-34-26-25(35-22)28(41)38-30(31)37-26/h1,3-6,19,23,33H,7-18H2,(H,32,39)(H,36,40)(H,42,43)(H3,31,34,37,38,41)/t23-/m0/s1. The molecular weight excluding hydrogens is 616 g/mol. The number of rotatable bonds is 22. The van der Waals surface area contributed by atoms with Gasteiger partial charge in [-0.3, -0.25) is 19.4 Å². The van der Waals surface area contributed by atoms with Gasteiger partial charge in [0.15, 0.2) is 11.2 Å². The minimum atomic E-state index is -1.27. The van der Waals surface area contributed by atoms with Crippen molar-refractivity contribution >= 4 is 40.6 Å². The summed E-state index contributed by atoms with van der Waals surface area (Å²) in [5.74, 6) is 0.0751. The number of carbonyl (C=O) groups is 3. The largest absolute Gasteiger partial charge is 0.480 e. The first-order chi connectivity index (χ1) is 22.8. The fourth-order valence-corrected chi connectivity index (χ4v) is 3.90. The number of fused-ring (bicyclic) bond motifs is 1. The lowest BCUT2D eigenvalue weighted by molar-refractivity contribution is -0.139. The van der Waals surface area contributed by atoms with E-state index in [0.29, 0.717) is 51.0 Å². The number of terminal acetylenes is 1. The molecule has 3 aromatic rings. The van der Waals surface area contributed by atoms with Crippen molar-refractivity contribution < 1.29 is 38.4 Å². The summed E-state index contributed by atoms with van der Waals surface area (Å²) >= 11 is 0. The molecule has 0 radical (unpaired) electrons. The van der Waals surface area contributed by atoms with E-state index in [1.54, 1.807) is 12.1 Å². The van der Waals surface area contributed by atoms with Crippen LogP contribution in [0.3, 0.4) is 0 Å². The summed E-state index contributed by atoms with van der Waals surface area (Å²) in [6.45, 7) is 3.35. The van der Waals surface area contributed by atoms with Crippen LogP contribution in [0.1, 0.15) is 28.9 Å². The number of nitrogens with one attached hydrogen (secondary N) is 4. The van der Waals surface area contributed by atoms with E-state index in [1.165, 1.54) is 18.3 Å². The van der Waals surface area contributed by atoms with Crippen molar-refractivity contribution in [2.45, 2.75) is 25.4 Å². The minimum Gasteiger partial charge on any atom is -0.480 e. The zero-order chi connectivity index (χ0) is 33.9. The highest BCUT2D eigenvalue weighted by atomic mass is 16.6. The van der Waals surface area contributed by atoms with Crippen molar-refractivity contribution in [3.05, 3.63) is 52.1 Å². The lowest BCUT2D eigenvalue weighted by Gasteiger charge is -2.15. The van der Waals surface area contributed by atoms with E-state index < -0.39 is 23.5 Å². The maximum atomic E-state index is 12.7. The minimum absolute atomic E-state index is 0.0541. The molecule has 0 saturated heterocycles. The number of aromatic amines is 1. The highest BCUT2D eigenvalue weighted by Crippen LogP contribution is 2.12. The number of nitrogens with zero attached hydrogens (tertiary/aromatic N) is 3. The van der Waals surface area contributed by atoms with Crippen LogP contribution in [0.5, 0.6) is 0 Å². The van der Waals surface area contributed by atoms with Gasteiger partial charge in [0.1, 0.15) is 12.6 Å². The summed E-state index contributed by atoms with van der Waals surface area (Å²) in [6, 6.07) is 5.03. The highest BCUT2D eigenvalue weighted by Gasteiger charge is 2.21. The monoisotopic (exact) mass is 654 g/mol. The Labute approximate surface area is 270 Å². The average molecular weight is 655 g/mol. The van der Waals surface area contributed by atoms with Gasteiger partial charge in [0.25, 0.3) is 11.5 Å². The van der Waals surface area contributed by atoms with E-state index in [2.05, 4.69) is 41.8 Å². The Hall–Kier alpha value is -5.15. The van der Waals surface area contributed by atoms with Crippen molar-refractivity contribution in [1.29, 1.82) is 0 Å². The van der Waals surface area contributed by atoms with E-state index in [9.17, 15) is 24.3 Å². The number of carboxylic acid groups (broad SMARTS) is 1. The molecule has 17 nitrogen and oxygen atoms in total. The molecule has 0 aliphatic carbocycles. The van der Waals surface area contributed by atoms with Crippen molar-refractivity contribution in [1.82, 2.24) is 30.6 Å². The number of hydrogen-bond acceptors (Lipinski definition) is 13. The number of benzene rings is 1. The Bertz CT molecular complexity index is 1560. The molecule has 2 amide bonds. The number of ether oxygens (including phenoxy) is 4. The predicted octanol–water partition coefficient (Wildman–Crippen LogP) is -0.314. The number of aromatic nitrogens is 4. The van der Waals surface area contributed by atoms with Gasteiger partial charge in [-0.25, -0.2) is 14.8 Å². The van der Waals surface area contributed by atoms with Gasteiger partial charge < -0.3 is 45.7 Å². The highest BCUT2D eigenvalue weighted by molar-refractivity contribution is 5.97. The van der Waals surface area contributed by atoms with E-state index >= 15 is 0 Å². The topological polar surface area (TPSA) is 242 Å². The normalized spacial score (nSPS) is 11.5. The average Bonchev–Trinajstić information content (AvgIpc) is 3.05. The van der Waals surface area contributed by atoms with Crippen LogP contribution >= 0.6 is 0 Å². The third-order valence-electron chi connectivity index (χ3n) is 6.24. The Morgan fingerprint density at radius 3 is 2.30 bits per heavy atom. The van der Waals surface area contributed by atoms with Gasteiger partial charge >= 0.3 is 5.97 Å². The maximum Gasteiger partial charge on any atom is 0.326 e. The first-order valence-corrected chi connectivity index (χ1v) is 14.7. The molecule has 1 aromatic carbocycles. The molecule has 252 valence electrons. The summed E-state index contributed by atoms with van der Waals surface area (Å²) in [5, 5.41) is 17.8. The summed E-state index contributed by atoms with van der Waals surface area (Å²) in [5.41, 5.74) is 6.54. The van der Waals surface area contributed by atoms with Crippen LogP contribution in [0, 0.1) is 12.3 Å². The van der Waals surface area contributed by atoms with E-state index in [4.69, 9.17) is 31.1 Å². The van der Waals surface area contributed by atoms with Crippen molar-refractivity contribution in [3.63, 3.8) is 0 Å². The van der Waals surface area contributed by atoms with Gasteiger partial charge in [0.05, 0.1) is 64.7 Å². The smallest absolute Gasteiger partial charge is 0.326 e. The fraction of sp³-hybridized carbons (Fsp3) is 0.433. The molecule has 0 spiro atoms. The van der Waals surface area contributed by atoms with E-state index in [0.717, 1.165) is 0 Å². The third kappa shape index (κ3) is 13.4. The van der Waals surface area contributed by atoms with Crippen LogP contribution in [-0.2, 0) is 35.1 Å². The van der Waals surface area contributed by atoms with Gasteiger partial charge in [0, 0.05) is 24.2 Å². The second-order valence-corrected chi connectivity index (χ2v) is 9.76. The fourth-order valence-electron chi connectivity index (χ4n) is 3.90.